The molecule has 0 unspecified atom stereocenters. The maximum absolute atomic E-state index is 10.2. The lowest BCUT2D eigenvalue weighted by molar-refractivity contribution is 0.293. The van der Waals surface area contributed by atoms with Gasteiger partial charge in [0.05, 0.1) is 6.67 Å². The molecule has 8 heteroatoms. The lowest BCUT2D eigenvalue weighted by Gasteiger charge is -2.17. The highest BCUT2D eigenvalue weighted by molar-refractivity contribution is 7.84. The van der Waals surface area contributed by atoms with Crippen LogP contribution in [-0.2, 0) is 10.3 Å². The number of nitrogens with zero attached hydrogens (tertiary/aromatic N) is 4. The fourth-order valence-electron chi connectivity index (χ4n) is 1.48. The van der Waals surface area contributed by atoms with E-state index in [1.807, 2.05) is 0 Å². The Morgan fingerprint density at radius 3 is 2.47 bits per heavy atom. The van der Waals surface area contributed by atoms with E-state index in [0.29, 0.717) is 3.97 Å². The summed E-state index contributed by atoms with van der Waals surface area (Å²) in [6, 6.07) is 0. The Balaban J connectivity index is 0.000000191. The second kappa shape index (κ2) is 7.15. The smallest absolute Gasteiger partial charge is 0.362 e. The molecule has 2 rings (SSSR count). The molecule has 1 aromatic heterocycles. The second-order valence-electron chi connectivity index (χ2n) is 4.23. The molecule has 19 heavy (non-hydrogen) atoms. The van der Waals surface area contributed by atoms with Crippen molar-refractivity contribution in [1.82, 2.24) is 18.8 Å². The average molecular weight is 288 g/mol. The molecule has 108 valence electrons. The molecule has 0 radical (unpaired) electrons. The van der Waals surface area contributed by atoms with E-state index in [-0.39, 0.29) is 0 Å². The summed E-state index contributed by atoms with van der Waals surface area (Å²) < 4.78 is 29.2. The normalized spacial score (nSPS) is 14.5. The number of unbranched alkanes of at least 4 members (excludes halogenated alkanes) is 1. The minimum atomic E-state index is -4.11. The molecular formula is C11H20N4O3S. The van der Waals surface area contributed by atoms with Gasteiger partial charge >= 0.3 is 10.3 Å². The highest BCUT2D eigenvalue weighted by Crippen LogP contribution is 2.04. The van der Waals surface area contributed by atoms with Crippen molar-refractivity contribution in [1.29, 1.82) is 0 Å². The van der Waals surface area contributed by atoms with Crippen LogP contribution >= 0.6 is 0 Å². The summed E-state index contributed by atoms with van der Waals surface area (Å²) in [5.41, 5.74) is 0. The van der Waals surface area contributed by atoms with Gasteiger partial charge in [0.2, 0.25) is 0 Å². The van der Waals surface area contributed by atoms with Crippen LogP contribution in [0.1, 0.15) is 19.8 Å². The van der Waals surface area contributed by atoms with Crippen LogP contribution in [0.4, 0.5) is 0 Å². The third kappa shape index (κ3) is 5.75. The molecule has 0 bridgehead atoms. The quantitative estimate of drug-likeness (QED) is 0.833. The molecule has 0 aliphatic carbocycles. The van der Waals surface area contributed by atoms with Crippen LogP contribution in [0.15, 0.2) is 31.1 Å². The summed E-state index contributed by atoms with van der Waals surface area (Å²) in [5.74, 6) is 0. The molecule has 1 aromatic rings. The molecule has 0 spiro atoms. The lowest BCUT2D eigenvalue weighted by Crippen LogP contribution is -2.23. The second-order valence-corrected chi connectivity index (χ2v) is 5.55. The van der Waals surface area contributed by atoms with E-state index in [0.717, 1.165) is 19.2 Å². The van der Waals surface area contributed by atoms with Gasteiger partial charge in [-0.15, -0.1) is 0 Å². The molecule has 1 aliphatic heterocycles. The zero-order chi connectivity index (χ0) is 14.3. The van der Waals surface area contributed by atoms with Crippen molar-refractivity contribution < 1.29 is 13.0 Å². The van der Waals surface area contributed by atoms with Crippen LogP contribution in [0.5, 0.6) is 0 Å². The van der Waals surface area contributed by atoms with E-state index in [4.69, 9.17) is 4.55 Å². The first-order valence-electron chi connectivity index (χ1n) is 6.02. The zero-order valence-corrected chi connectivity index (χ0v) is 12.0. The number of hydrogen-bond acceptors (Lipinski definition) is 5. The highest BCUT2D eigenvalue weighted by atomic mass is 32.2. The average Bonchev–Trinajstić information content (AvgIpc) is 2.97. The highest BCUT2D eigenvalue weighted by Gasteiger charge is 2.05. The molecule has 0 saturated carbocycles. The summed E-state index contributed by atoms with van der Waals surface area (Å²) in [6.45, 7) is 4.50. The van der Waals surface area contributed by atoms with Gasteiger partial charge in [-0.3, -0.25) is 4.55 Å². The Labute approximate surface area is 114 Å². The topological polar surface area (TPSA) is 78.7 Å². The van der Waals surface area contributed by atoms with Crippen molar-refractivity contribution in [2.75, 3.05) is 20.3 Å². The van der Waals surface area contributed by atoms with Crippen LogP contribution in [0.3, 0.4) is 0 Å². The molecule has 7 nitrogen and oxygen atoms in total. The summed E-state index contributed by atoms with van der Waals surface area (Å²) in [4.78, 5) is 7.94. The first-order chi connectivity index (χ1) is 8.93. The Morgan fingerprint density at radius 1 is 1.37 bits per heavy atom. The van der Waals surface area contributed by atoms with E-state index >= 15 is 0 Å². The van der Waals surface area contributed by atoms with Crippen molar-refractivity contribution in [3.05, 3.63) is 31.1 Å². The summed E-state index contributed by atoms with van der Waals surface area (Å²) in [6.07, 6.45) is 10.3. The Hall–Kier alpha value is -1.54. The van der Waals surface area contributed by atoms with E-state index in [9.17, 15) is 8.42 Å². The van der Waals surface area contributed by atoms with Crippen molar-refractivity contribution in [2.24, 2.45) is 0 Å². The summed E-state index contributed by atoms with van der Waals surface area (Å²) in [7, 11) is -2.01. The Bertz CT molecular complexity index is 484. The summed E-state index contributed by atoms with van der Waals surface area (Å²) in [5, 5.41) is 0. The number of imidazole rings is 1. The molecule has 0 fully saturated rings. The van der Waals surface area contributed by atoms with Crippen molar-refractivity contribution in [3.8, 4) is 0 Å². The third-order valence-electron chi connectivity index (χ3n) is 2.48. The maximum atomic E-state index is 10.2. The van der Waals surface area contributed by atoms with E-state index < -0.39 is 10.3 Å². The largest absolute Gasteiger partial charge is 0.364 e. The fraction of sp³-hybridized carbons (Fsp3) is 0.545. The van der Waals surface area contributed by atoms with Gasteiger partial charge in [0.1, 0.15) is 6.33 Å². The van der Waals surface area contributed by atoms with Gasteiger partial charge in [0, 0.05) is 38.4 Å². The van der Waals surface area contributed by atoms with E-state index in [1.54, 1.807) is 0 Å². The van der Waals surface area contributed by atoms with Gasteiger partial charge in [0.15, 0.2) is 0 Å². The van der Waals surface area contributed by atoms with Crippen molar-refractivity contribution in [3.63, 3.8) is 0 Å². The fourth-order valence-corrected chi connectivity index (χ4v) is 1.86. The van der Waals surface area contributed by atoms with Gasteiger partial charge in [0.25, 0.3) is 0 Å². The maximum Gasteiger partial charge on any atom is 0.364 e. The van der Waals surface area contributed by atoms with Gasteiger partial charge < -0.3 is 9.80 Å². The molecule has 0 saturated heterocycles. The number of aromatic nitrogens is 2. The molecule has 0 amide bonds. The first kappa shape index (κ1) is 15.5. The minimum absolute atomic E-state index is 0.604. The van der Waals surface area contributed by atoms with Crippen molar-refractivity contribution >= 4 is 10.3 Å². The predicted octanol–water partition coefficient (Wildman–Crippen LogP) is 0.997. The third-order valence-corrected chi connectivity index (χ3v) is 3.23. The van der Waals surface area contributed by atoms with Crippen LogP contribution in [0.25, 0.3) is 0 Å². The van der Waals surface area contributed by atoms with Crippen LogP contribution in [-0.4, -0.2) is 52.0 Å². The number of hydrogen-bond donors (Lipinski definition) is 1. The van der Waals surface area contributed by atoms with E-state index in [1.165, 1.54) is 25.6 Å². The number of rotatable bonds is 4. The summed E-state index contributed by atoms with van der Waals surface area (Å²) >= 11 is 0. The standard InChI is InChI=1S/C8H16N2.C3H4N2O3S/c1-3-4-5-10-7-6-9(2)8-10;6-9(7,8)5-2-1-4-3-5/h6-7H,3-5,8H2,1-2H3;1-3H,(H,6,7,8). The van der Waals surface area contributed by atoms with Crippen LogP contribution in [0, 0.1) is 0 Å². The molecule has 0 aromatic carbocycles. The Morgan fingerprint density at radius 2 is 2.11 bits per heavy atom. The van der Waals surface area contributed by atoms with Crippen LogP contribution in [0.2, 0.25) is 0 Å². The van der Waals surface area contributed by atoms with Gasteiger partial charge in [-0.25, -0.2) is 8.96 Å². The predicted molar refractivity (Wildman–Crippen MR) is 72.6 cm³/mol. The van der Waals surface area contributed by atoms with Crippen LogP contribution < -0.4 is 0 Å². The first-order valence-corrected chi connectivity index (χ1v) is 7.41. The molecular weight excluding hydrogens is 268 g/mol. The van der Waals surface area contributed by atoms with Gasteiger partial charge in [-0.1, -0.05) is 13.3 Å². The SMILES string of the molecule is CCCCN1C=CN(C)C1.O=S(=O)(O)n1ccnc1. The molecule has 0 atom stereocenters. The van der Waals surface area contributed by atoms with E-state index in [2.05, 4.69) is 41.2 Å². The Kier molecular flexibility index (Phi) is 5.84. The lowest BCUT2D eigenvalue weighted by atomic mass is 10.3. The molecule has 1 N–H and O–H groups in total. The minimum Gasteiger partial charge on any atom is -0.362 e. The zero-order valence-electron chi connectivity index (χ0n) is 11.2. The van der Waals surface area contributed by atoms with Gasteiger partial charge in [-0.2, -0.15) is 8.42 Å². The monoisotopic (exact) mass is 288 g/mol. The van der Waals surface area contributed by atoms with Gasteiger partial charge in [-0.05, 0) is 6.42 Å². The molecule has 1 aliphatic rings. The molecule has 2 heterocycles. The van der Waals surface area contributed by atoms with Crippen molar-refractivity contribution in [2.45, 2.75) is 19.8 Å².